The van der Waals surface area contributed by atoms with Crippen molar-refractivity contribution in [2.75, 3.05) is 50.5 Å². The average molecular weight is 393 g/mol. The number of piperazine rings is 1. The summed E-state index contributed by atoms with van der Waals surface area (Å²) in [6, 6.07) is 8.40. The Labute approximate surface area is 172 Å². The SMILES string of the molecule is Cc1ccc(NC2C=C(N(C)C)NC(N3CCN(c4cnccn4)CC3)=N2)cc1. The summed E-state index contributed by atoms with van der Waals surface area (Å²) in [5.74, 6) is 2.87. The monoisotopic (exact) mass is 392 g/mol. The highest BCUT2D eigenvalue weighted by Gasteiger charge is 2.25. The zero-order chi connectivity index (χ0) is 20.2. The maximum Gasteiger partial charge on any atom is 0.202 e. The maximum atomic E-state index is 4.92. The summed E-state index contributed by atoms with van der Waals surface area (Å²) in [6.07, 6.45) is 7.25. The molecular formula is C21H28N8. The van der Waals surface area contributed by atoms with E-state index in [2.05, 4.69) is 72.6 Å². The highest BCUT2D eigenvalue weighted by molar-refractivity contribution is 5.83. The fourth-order valence-corrected chi connectivity index (χ4v) is 3.42. The van der Waals surface area contributed by atoms with E-state index in [1.54, 1.807) is 12.4 Å². The zero-order valence-electron chi connectivity index (χ0n) is 17.2. The molecule has 0 bridgehead atoms. The Hall–Kier alpha value is -3.29. The lowest BCUT2D eigenvalue weighted by Crippen LogP contribution is -2.54. The van der Waals surface area contributed by atoms with E-state index in [-0.39, 0.29) is 6.17 Å². The Morgan fingerprint density at radius 1 is 1.03 bits per heavy atom. The van der Waals surface area contributed by atoms with Gasteiger partial charge in [0, 0.05) is 64.4 Å². The molecule has 2 aliphatic heterocycles. The van der Waals surface area contributed by atoms with Crippen molar-refractivity contribution in [3.8, 4) is 0 Å². The summed E-state index contributed by atoms with van der Waals surface area (Å²) in [6.45, 7) is 5.61. The van der Waals surface area contributed by atoms with E-state index in [1.165, 1.54) is 5.56 Å². The summed E-state index contributed by atoms with van der Waals surface area (Å²) in [5, 5.41) is 6.99. The summed E-state index contributed by atoms with van der Waals surface area (Å²) >= 11 is 0. The summed E-state index contributed by atoms with van der Waals surface area (Å²) in [7, 11) is 4.08. The third-order valence-corrected chi connectivity index (χ3v) is 5.12. The van der Waals surface area contributed by atoms with Gasteiger partial charge in [-0.1, -0.05) is 17.7 Å². The molecule has 2 aromatic rings. The molecule has 1 unspecified atom stereocenters. The molecule has 2 aliphatic rings. The van der Waals surface area contributed by atoms with Gasteiger partial charge in [-0.15, -0.1) is 0 Å². The van der Waals surface area contributed by atoms with Crippen LogP contribution in [0.5, 0.6) is 0 Å². The lowest BCUT2D eigenvalue weighted by atomic mass is 10.2. The molecule has 1 aromatic carbocycles. The summed E-state index contributed by atoms with van der Waals surface area (Å²) in [5.41, 5.74) is 2.31. The van der Waals surface area contributed by atoms with Crippen LogP contribution in [0.1, 0.15) is 5.56 Å². The Balaban J connectivity index is 1.46. The number of guanidine groups is 1. The van der Waals surface area contributed by atoms with E-state index in [9.17, 15) is 0 Å². The van der Waals surface area contributed by atoms with Crippen LogP contribution in [0.3, 0.4) is 0 Å². The van der Waals surface area contributed by atoms with Crippen LogP contribution in [-0.4, -0.2) is 72.2 Å². The Bertz CT molecular complexity index is 867. The van der Waals surface area contributed by atoms with Crippen molar-refractivity contribution in [3.05, 3.63) is 60.3 Å². The molecular weight excluding hydrogens is 364 g/mol. The highest BCUT2D eigenvalue weighted by Crippen LogP contribution is 2.17. The van der Waals surface area contributed by atoms with Gasteiger partial charge in [0.15, 0.2) is 0 Å². The maximum absolute atomic E-state index is 4.92. The quantitative estimate of drug-likeness (QED) is 0.821. The minimum absolute atomic E-state index is 0.121. The van der Waals surface area contributed by atoms with Crippen molar-refractivity contribution in [2.45, 2.75) is 13.1 Å². The fourth-order valence-electron chi connectivity index (χ4n) is 3.42. The van der Waals surface area contributed by atoms with Gasteiger partial charge in [0.25, 0.3) is 0 Å². The lowest BCUT2D eigenvalue weighted by molar-refractivity contribution is 0.362. The largest absolute Gasteiger partial charge is 0.364 e. The lowest BCUT2D eigenvalue weighted by Gasteiger charge is -2.39. The van der Waals surface area contributed by atoms with Crippen LogP contribution < -0.4 is 15.5 Å². The molecule has 152 valence electrons. The number of aryl methyl sites for hydroxylation is 1. The average Bonchev–Trinajstić information content (AvgIpc) is 2.76. The number of hydrogen-bond donors (Lipinski definition) is 2. The fraction of sp³-hybridized carbons (Fsp3) is 0.381. The van der Waals surface area contributed by atoms with Crippen LogP contribution in [0, 0.1) is 6.92 Å². The molecule has 0 saturated carbocycles. The number of aliphatic imine (C=N–C) groups is 1. The Morgan fingerprint density at radius 2 is 1.76 bits per heavy atom. The van der Waals surface area contributed by atoms with E-state index < -0.39 is 0 Å². The van der Waals surface area contributed by atoms with E-state index in [1.807, 2.05) is 20.3 Å². The first-order valence-corrected chi connectivity index (χ1v) is 9.91. The third-order valence-electron chi connectivity index (χ3n) is 5.12. The zero-order valence-corrected chi connectivity index (χ0v) is 17.2. The molecule has 0 aliphatic carbocycles. The second-order valence-corrected chi connectivity index (χ2v) is 7.52. The van der Waals surface area contributed by atoms with E-state index in [4.69, 9.17) is 4.99 Å². The second-order valence-electron chi connectivity index (χ2n) is 7.52. The van der Waals surface area contributed by atoms with Gasteiger partial charge in [-0.2, -0.15) is 0 Å². The standard InChI is InChI=1S/C21H28N8/c1-16-4-6-17(7-5-16)24-18-14-19(27(2)3)26-21(25-18)29-12-10-28(11-13-29)20-15-22-8-9-23-20/h4-9,14-15,18,24H,10-13H2,1-3H3,(H,25,26). The van der Waals surface area contributed by atoms with E-state index >= 15 is 0 Å². The topological polar surface area (TPSA) is 71.9 Å². The van der Waals surface area contributed by atoms with Crippen LogP contribution in [0.4, 0.5) is 11.5 Å². The van der Waals surface area contributed by atoms with Crippen molar-refractivity contribution >= 4 is 17.5 Å². The van der Waals surface area contributed by atoms with Crippen LogP contribution in [0.15, 0.2) is 59.7 Å². The first-order chi connectivity index (χ1) is 14.1. The Kier molecular flexibility index (Phi) is 5.50. The first kappa shape index (κ1) is 19.0. The van der Waals surface area contributed by atoms with Gasteiger partial charge in [-0.25, -0.2) is 9.98 Å². The molecule has 3 heterocycles. The predicted octanol–water partition coefficient (Wildman–Crippen LogP) is 1.71. The number of nitrogens with one attached hydrogen (secondary N) is 2. The smallest absolute Gasteiger partial charge is 0.202 e. The number of anilines is 2. The van der Waals surface area contributed by atoms with Gasteiger partial charge in [0.2, 0.25) is 5.96 Å². The minimum atomic E-state index is -0.121. The Morgan fingerprint density at radius 3 is 2.41 bits per heavy atom. The molecule has 8 nitrogen and oxygen atoms in total. The normalized spacial score (nSPS) is 19.2. The van der Waals surface area contributed by atoms with Gasteiger partial charge in [0.1, 0.15) is 17.8 Å². The number of aromatic nitrogens is 2. The second kappa shape index (κ2) is 8.38. The van der Waals surface area contributed by atoms with Crippen molar-refractivity contribution in [1.29, 1.82) is 0 Å². The van der Waals surface area contributed by atoms with Gasteiger partial charge >= 0.3 is 0 Å². The molecule has 29 heavy (non-hydrogen) atoms. The molecule has 0 spiro atoms. The van der Waals surface area contributed by atoms with Crippen molar-refractivity contribution in [3.63, 3.8) is 0 Å². The minimum Gasteiger partial charge on any atom is -0.364 e. The van der Waals surface area contributed by atoms with Gasteiger partial charge in [-0.05, 0) is 19.1 Å². The van der Waals surface area contributed by atoms with Gasteiger partial charge < -0.3 is 25.3 Å². The first-order valence-electron chi connectivity index (χ1n) is 9.91. The van der Waals surface area contributed by atoms with Crippen LogP contribution in [0.2, 0.25) is 0 Å². The molecule has 1 saturated heterocycles. The van der Waals surface area contributed by atoms with Crippen molar-refractivity contribution in [2.24, 2.45) is 4.99 Å². The molecule has 1 aromatic heterocycles. The summed E-state index contributed by atoms with van der Waals surface area (Å²) in [4.78, 5) is 20.2. The molecule has 2 N–H and O–H groups in total. The molecule has 8 heteroatoms. The van der Waals surface area contributed by atoms with E-state index in [0.29, 0.717) is 0 Å². The summed E-state index contributed by atoms with van der Waals surface area (Å²) < 4.78 is 0. The van der Waals surface area contributed by atoms with Crippen molar-refractivity contribution in [1.82, 2.24) is 25.1 Å². The van der Waals surface area contributed by atoms with Crippen LogP contribution in [-0.2, 0) is 0 Å². The third kappa shape index (κ3) is 4.59. The molecule has 4 rings (SSSR count). The van der Waals surface area contributed by atoms with Gasteiger partial charge in [0.05, 0.1) is 6.20 Å². The molecule has 0 radical (unpaired) electrons. The molecule has 0 amide bonds. The number of rotatable bonds is 4. The number of benzene rings is 1. The number of hydrogen-bond acceptors (Lipinski definition) is 8. The molecule has 1 atom stereocenters. The predicted molar refractivity (Wildman–Crippen MR) is 117 cm³/mol. The van der Waals surface area contributed by atoms with E-state index in [0.717, 1.165) is 49.5 Å². The van der Waals surface area contributed by atoms with Crippen molar-refractivity contribution < 1.29 is 0 Å². The van der Waals surface area contributed by atoms with Gasteiger partial charge in [-0.3, -0.25) is 4.98 Å². The van der Waals surface area contributed by atoms with Crippen LogP contribution >= 0.6 is 0 Å². The molecule has 1 fully saturated rings. The highest BCUT2D eigenvalue weighted by atomic mass is 15.4. The number of nitrogens with zero attached hydrogens (tertiary/aromatic N) is 6. The van der Waals surface area contributed by atoms with Crippen LogP contribution in [0.25, 0.3) is 0 Å².